The first-order chi connectivity index (χ1) is 15.7. The molecule has 8 nitrogen and oxygen atoms in total. The van der Waals surface area contributed by atoms with Crippen molar-refractivity contribution in [2.45, 2.75) is 9.79 Å². The van der Waals surface area contributed by atoms with Crippen LogP contribution in [0, 0.1) is 5.82 Å². The summed E-state index contributed by atoms with van der Waals surface area (Å²) in [5, 5.41) is 2.37. The summed E-state index contributed by atoms with van der Waals surface area (Å²) in [7, 11) is -3.00. The van der Waals surface area contributed by atoms with Gasteiger partial charge in [0.15, 0.2) is 0 Å². The minimum atomic E-state index is -4.16. The van der Waals surface area contributed by atoms with Gasteiger partial charge in [-0.15, -0.1) is 0 Å². The number of hydrogen-bond donors (Lipinski definition) is 1. The number of anilines is 2. The molecule has 0 radical (unpaired) electrons. The lowest BCUT2D eigenvalue weighted by atomic mass is 10.1. The summed E-state index contributed by atoms with van der Waals surface area (Å²) in [4.78, 5) is 38.6. The molecule has 0 saturated heterocycles. The van der Waals surface area contributed by atoms with Gasteiger partial charge < -0.3 is 10.1 Å². The van der Waals surface area contributed by atoms with Crippen molar-refractivity contribution in [1.29, 1.82) is 0 Å². The number of fused-ring (bicyclic) bond motifs is 2. The SMILES string of the molecule is COC(=O)c1ccc2c(c1)N(CC(=O)Nc1ccccc1F)C(=O)c1ccccc1S2(=O)=O. The second-order valence-corrected chi connectivity index (χ2v) is 8.98. The van der Waals surface area contributed by atoms with E-state index in [1.807, 2.05) is 0 Å². The van der Waals surface area contributed by atoms with Crippen LogP contribution in [-0.4, -0.2) is 39.9 Å². The lowest BCUT2D eigenvalue weighted by Crippen LogP contribution is -2.38. The quantitative estimate of drug-likeness (QED) is 0.590. The van der Waals surface area contributed by atoms with Crippen LogP contribution in [-0.2, 0) is 19.4 Å². The Morgan fingerprint density at radius 1 is 1.00 bits per heavy atom. The van der Waals surface area contributed by atoms with E-state index in [0.29, 0.717) is 0 Å². The fourth-order valence-corrected chi connectivity index (χ4v) is 5.14. The molecule has 168 valence electrons. The number of rotatable bonds is 4. The third kappa shape index (κ3) is 3.96. The van der Waals surface area contributed by atoms with Gasteiger partial charge in [-0.1, -0.05) is 24.3 Å². The van der Waals surface area contributed by atoms with E-state index in [0.717, 1.165) is 18.1 Å². The number of ether oxygens (including phenoxy) is 1. The first-order valence-corrected chi connectivity index (χ1v) is 11.1. The second-order valence-electron chi connectivity index (χ2n) is 7.09. The van der Waals surface area contributed by atoms with Crippen molar-refractivity contribution in [1.82, 2.24) is 0 Å². The first kappa shape index (κ1) is 22.2. The number of sulfone groups is 1. The number of carbonyl (C=O) groups excluding carboxylic acids is 3. The molecule has 0 saturated carbocycles. The molecule has 1 aliphatic rings. The third-order valence-electron chi connectivity index (χ3n) is 5.06. The Kier molecular flexibility index (Phi) is 5.69. The number of esters is 1. The molecule has 0 atom stereocenters. The molecule has 1 heterocycles. The molecule has 2 amide bonds. The highest BCUT2D eigenvalue weighted by Crippen LogP contribution is 2.37. The summed E-state index contributed by atoms with van der Waals surface area (Å²) in [6, 6.07) is 14.7. The zero-order chi connectivity index (χ0) is 23.8. The van der Waals surface area contributed by atoms with Gasteiger partial charge >= 0.3 is 5.97 Å². The topological polar surface area (TPSA) is 110 Å². The number of hydrogen-bond acceptors (Lipinski definition) is 6. The smallest absolute Gasteiger partial charge is 0.337 e. The van der Waals surface area contributed by atoms with Crippen LogP contribution < -0.4 is 10.2 Å². The Morgan fingerprint density at radius 2 is 1.70 bits per heavy atom. The zero-order valence-corrected chi connectivity index (χ0v) is 18.1. The monoisotopic (exact) mass is 468 g/mol. The lowest BCUT2D eigenvalue weighted by Gasteiger charge is -2.22. The van der Waals surface area contributed by atoms with Crippen LogP contribution in [0.5, 0.6) is 0 Å². The minimum Gasteiger partial charge on any atom is -0.465 e. The van der Waals surface area contributed by atoms with Crippen molar-refractivity contribution >= 4 is 39.0 Å². The van der Waals surface area contributed by atoms with Crippen LogP contribution in [0.4, 0.5) is 15.8 Å². The summed E-state index contributed by atoms with van der Waals surface area (Å²) in [6.45, 7) is -0.630. The Balaban J connectivity index is 1.84. The van der Waals surface area contributed by atoms with Gasteiger partial charge in [0.1, 0.15) is 12.4 Å². The van der Waals surface area contributed by atoms with Crippen LogP contribution in [0.15, 0.2) is 76.5 Å². The maximum absolute atomic E-state index is 14.0. The van der Waals surface area contributed by atoms with Crippen molar-refractivity contribution in [2.75, 3.05) is 23.9 Å². The van der Waals surface area contributed by atoms with Crippen molar-refractivity contribution < 1.29 is 31.9 Å². The predicted molar refractivity (Wildman–Crippen MR) is 116 cm³/mol. The molecule has 4 rings (SSSR count). The number of methoxy groups -OCH3 is 1. The second kappa shape index (κ2) is 8.47. The number of carbonyl (C=O) groups is 3. The Bertz CT molecular complexity index is 1400. The van der Waals surface area contributed by atoms with Gasteiger partial charge in [0, 0.05) is 0 Å². The van der Waals surface area contributed by atoms with Gasteiger partial charge in [0.25, 0.3) is 5.91 Å². The molecule has 3 aromatic rings. The van der Waals surface area contributed by atoms with E-state index >= 15 is 0 Å². The van der Waals surface area contributed by atoms with Crippen molar-refractivity contribution in [3.8, 4) is 0 Å². The van der Waals surface area contributed by atoms with E-state index in [2.05, 4.69) is 5.32 Å². The molecular weight excluding hydrogens is 451 g/mol. The third-order valence-corrected chi connectivity index (χ3v) is 6.92. The van der Waals surface area contributed by atoms with E-state index in [1.54, 1.807) is 0 Å². The van der Waals surface area contributed by atoms with Gasteiger partial charge in [0.05, 0.1) is 39.4 Å². The average molecular weight is 468 g/mol. The van der Waals surface area contributed by atoms with E-state index < -0.39 is 40.0 Å². The fraction of sp³-hybridized carbons (Fsp3) is 0.0870. The molecule has 1 N–H and O–H groups in total. The molecular formula is C23H17FN2O6S. The van der Waals surface area contributed by atoms with Crippen LogP contribution in [0.25, 0.3) is 0 Å². The summed E-state index contributed by atoms with van der Waals surface area (Å²) < 4.78 is 45.3. The normalized spacial score (nSPS) is 14.0. The molecule has 1 aliphatic heterocycles. The standard InChI is InChI=1S/C23H17FN2O6S/c1-32-23(29)14-10-11-20-18(12-14)26(13-21(27)25-17-8-4-3-7-16(17)24)22(28)15-6-2-5-9-19(15)33(20,30)31/h2-12H,13H2,1H3,(H,25,27). The Hall–Kier alpha value is -4.05. The minimum absolute atomic E-state index is 0.00952. The first-order valence-electron chi connectivity index (χ1n) is 9.67. The highest BCUT2D eigenvalue weighted by atomic mass is 32.2. The number of nitrogens with zero attached hydrogens (tertiary/aromatic N) is 1. The summed E-state index contributed by atoms with van der Waals surface area (Å²) in [5.74, 6) is -2.95. The average Bonchev–Trinajstić information content (AvgIpc) is 2.88. The molecule has 0 fully saturated rings. The van der Waals surface area contributed by atoms with Crippen LogP contribution >= 0.6 is 0 Å². The highest BCUT2D eigenvalue weighted by Gasteiger charge is 2.37. The molecule has 0 bridgehead atoms. The van der Waals surface area contributed by atoms with Crippen LogP contribution in [0.2, 0.25) is 0 Å². The van der Waals surface area contributed by atoms with Gasteiger partial charge in [0.2, 0.25) is 15.7 Å². The molecule has 0 spiro atoms. The molecule has 0 aromatic heterocycles. The largest absolute Gasteiger partial charge is 0.465 e. The number of halogens is 1. The predicted octanol–water partition coefficient (Wildman–Crippen LogP) is 3.04. The van der Waals surface area contributed by atoms with E-state index in [1.165, 1.54) is 60.7 Å². The van der Waals surface area contributed by atoms with E-state index in [9.17, 15) is 27.2 Å². The van der Waals surface area contributed by atoms with Crippen molar-refractivity contribution in [3.63, 3.8) is 0 Å². The maximum Gasteiger partial charge on any atom is 0.337 e. The Labute approximate surface area is 188 Å². The lowest BCUT2D eigenvalue weighted by molar-refractivity contribution is -0.115. The number of benzene rings is 3. The summed E-state index contributed by atoms with van der Waals surface area (Å²) in [5.41, 5.74) is -0.402. The molecule has 0 unspecified atom stereocenters. The zero-order valence-electron chi connectivity index (χ0n) is 17.2. The molecule has 3 aromatic carbocycles. The van der Waals surface area contributed by atoms with Crippen molar-refractivity contribution in [3.05, 3.63) is 83.7 Å². The Morgan fingerprint density at radius 3 is 2.42 bits per heavy atom. The number of nitrogens with one attached hydrogen (secondary N) is 1. The van der Waals surface area contributed by atoms with Crippen LogP contribution in [0.1, 0.15) is 20.7 Å². The summed E-state index contributed by atoms with van der Waals surface area (Å²) >= 11 is 0. The fourth-order valence-electron chi connectivity index (χ4n) is 3.50. The van der Waals surface area contributed by atoms with E-state index in [4.69, 9.17) is 4.74 Å². The van der Waals surface area contributed by atoms with Crippen molar-refractivity contribution in [2.24, 2.45) is 0 Å². The molecule has 10 heteroatoms. The van der Waals surface area contributed by atoms with Gasteiger partial charge in [-0.25, -0.2) is 17.6 Å². The number of amides is 2. The van der Waals surface area contributed by atoms with Gasteiger partial charge in [-0.05, 0) is 42.5 Å². The van der Waals surface area contributed by atoms with Crippen LogP contribution in [0.3, 0.4) is 0 Å². The molecule has 33 heavy (non-hydrogen) atoms. The maximum atomic E-state index is 14.0. The van der Waals surface area contributed by atoms with E-state index in [-0.39, 0.29) is 32.3 Å². The molecule has 0 aliphatic carbocycles. The van der Waals surface area contributed by atoms with Gasteiger partial charge in [-0.3, -0.25) is 14.5 Å². The number of para-hydroxylation sites is 1. The van der Waals surface area contributed by atoms with Gasteiger partial charge in [-0.2, -0.15) is 0 Å². The summed E-state index contributed by atoms with van der Waals surface area (Å²) in [6.07, 6.45) is 0. The highest BCUT2D eigenvalue weighted by molar-refractivity contribution is 7.91.